The highest BCUT2D eigenvalue weighted by Gasteiger charge is 2.13. The van der Waals surface area contributed by atoms with Gasteiger partial charge in [-0.05, 0) is 31.5 Å². The van der Waals surface area contributed by atoms with Gasteiger partial charge in [0.2, 0.25) is 0 Å². The summed E-state index contributed by atoms with van der Waals surface area (Å²) in [6, 6.07) is 10.2. The number of nitrogens with zero attached hydrogens (tertiary/aromatic N) is 6. The Kier molecular flexibility index (Phi) is 3.84. The van der Waals surface area contributed by atoms with E-state index in [4.69, 9.17) is 4.98 Å². The second-order valence-corrected chi connectivity index (χ2v) is 6.27. The highest BCUT2D eigenvalue weighted by Crippen LogP contribution is 2.29. The zero-order valence-electron chi connectivity index (χ0n) is 15.1. The minimum Gasteiger partial charge on any atom is -0.294 e. The first-order valence-electron chi connectivity index (χ1n) is 8.33. The molecule has 3 heterocycles. The molecule has 130 valence electrons. The Labute approximate surface area is 150 Å². The van der Waals surface area contributed by atoms with Crippen molar-refractivity contribution in [2.24, 2.45) is 12.0 Å². The molecule has 0 aliphatic rings. The second-order valence-electron chi connectivity index (χ2n) is 6.27. The van der Waals surface area contributed by atoms with Crippen LogP contribution in [-0.4, -0.2) is 43.4 Å². The van der Waals surface area contributed by atoms with Gasteiger partial charge in [-0.15, -0.1) is 5.10 Å². The third-order valence-corrected chi connectivity index (χ3v) is 4.43. The molecule has 0 radical (unpaired) electrons. The van der Waals surface area contributed by atoms with Crippen molar-refractivity contribution in [2.75, 3.05) is 7.05 Å². The number of nitrogens with one attached hydrogen (secondary N) is 1. The van der Waals surface area contributed by atoms with E-state index < -0.39 is 0 Å². The summed E-state index contributed by atoms with van der Waals surface area (Å²) in [6.07, 6.45) is 1.72. The average molecular weight is 345 g/mol. The van der Waals surface area contributed by atoms with Crippen LogP contribution in [0.2, 0.25) is 0 Å². The molecule has 4 aromatic rings. The van der Waals surface area contributed by atoms with E-state index in [9.17, 15) is 0 Å². The molecule has 0 fully saturated rings. The van der Waals surface area contributed by atoms with Gasteiger partial charge < -0.3 is 0 Å². The van der Waals surface area contributed by atoms with E-state index in [1.807, 2.05) is 36.9 Å². The molecule has 0 aliphatic carbocycles. The number of H-pyrrole nitrogens is 1. The van der Waals surface area contributed by atoms with E-state index in [0.29, 0.717) is 0 Å². The minimum atomic E-state index is 0.770. The van der Waals surface area contributed by atoms with Crippen molar-refractivity contribution < 1.29 is 0 Å². The molecule has 7 nitrogen and oxygen atoms in total. The fourth-order valence-corrected chi connectivity index (χ4v) is 3.30. The first-order valence-corrected chi connectivity index (χ1v) is 8.33. The first-order chi connectivity index (χ1) is 12.6. The second kappa shape index (κ2) is 6.18. The van der Waals surface area contributed by atoms with Crippen LogP contribution in [0.1, 0.15) is 17.0 Å². The van der Waals surface area contributed by atoms with Crippen molar-refractivity contribution in [2.45, 2.75) is 13.8 Å². The number of aromatic nitrogens is 6. The van der Waals surface area contributed by atoms with Gasteiger partial charge >= 0.3 is 0 Å². The third-order valence-electron chi connectivity index (χ3n) is 4.43. The average Bonchev–Trinajstić information content (AvgIpc) is 3.20. The molecule has 7 heteroatoms. The molecule has 26 heavy (non-hydrogen) atoms. The van der Waals surface area contributed by atoms with Crippen molar-refractivity contribution >= 4 is 17.2 Å². The summed E-state index contributed by atoms with van der Waals surface area (Å²) in [5.41, 5.74) is 7.51. The molecule has 0 bridgehead atoms. The van der Waals surface area contributed by atoms with E-state index in [1.165, 1.54) is 5.56 Å². The molecule has 1 N–H and O–H groups in total. The molecule has 0 unspecified atom stereocenters. The lowest BCUT2D eigenvalue weighted by atomic mass is 10.0. The summed E-state index contributed by atoms with van der Waals surface area (Å²) in [4.78, 5) is 8.88. The number of hydrogen-bond donors (Lipinski definition) is 1. The smallest absolute Gasteiger partial charge is 0.158 e. The standard InChI is InChI=1S/C19H19N7/c1-11-8-15(21-19-17(11)12(2)24-26(19)4)13-6-5-7-14(9-13)18-16(10-20-3)22-25-23-18/h5-10H,1-4H3,(H,22,23,25)/b20-10-. The Morgan fingerprint density at radius 3 is 2.77 bits per heavy atom. The lowest BCUT2D eigenvalue weighted by molar-refractivity contribution is 0.774. The van der Waals surface area contributed by atoms with Gasteiger partial charge in [-0.2, -0.15) is 5.10 Å². The number of aromatic amines is 1. The van der Waals surface area contributed by atoms with E-state index in [2.05, 4.69) is 44.6 Å². The quantitative estimate of drug-likeness (QED) is 0.578. The Morgan fingerprint density at radius 1 is 1.15 bits per heavy atom. The largest absolute Gasteiger partial charge is 0.294 e. The molecule has 4 rings (SSSR count). The van der Waals surface area contributed by atoms with Gasteiger partial charge in [0, 0.05) is 36.8 Å². The summed E-state index contributed by atoms with van der Waals surface area (Å²) >= 11 is 0. The number of hydrogen-bond acceptors (Lipinski definition) is 5. The molecular weight excluding hydrogens is 326 g/mol. The lowest BCUT2D eigenvalue weighted by Gasteiger charge is -2.07. The topological polar surface area (TPSA) is 84.6 Å². The molecule has 0 atom stereocenters. The van der Waals surface area contributed by atoms with Crippen LogP contribution in [-0.2, 0) is 7.05 Å². The minimum absolute atomic E-state index is 0.770. The van der Waals surface area contributed by atoms with Crippen molar-refractivity contribution in [3.63, 3.8) is 0 Å². The summed E-state index contributed by atoms with van der Waals surface area (Å²) < 4.78 is 1.83. The van der Waals surface area contributed by atoms with Crippen LogP contribution in [0.15, 0.2) is 35.3 Å². The Balaban J connectivity index is 1.86. The Hall–Kier alpha value is -3.35. The highest BCUT2D eigenvalue weighted by atomic mass is 15.3. The van der Waals surface area contributed by atoms with Gasteiger partial charge in [-0.3, -0.25) is 14.8 Å². The predicted octanol–water partition coefficient (Wildman–Crippen LogP) is 3.09. The highest BCUT2D eigenvalue weighted by molar-refractivity contribution is 5.88. The van der Waals surface area contributed by atoms with Gasteiger partial charge in [0.05, 0.1) is 11.4 Å². The van der Waals surface area contributed by atoms with Crippen LogP contribution in [0.5, 0.6) is 0 Å². The summed E-state index contributed by atoms with van der Waals surface area (Å²) in [7, 11) is 3.65. The third kappa shape index (κ3) is 2.57. The van der Waals surface area contributed by atoms with Gasteiger partial charge in [-0.25, -0.2) is 4.98 Å². The van der Waals surface area contributed by atoms with Crippen molar-refractivity contribution in [3.05, 3.63) is 47.3 Å². The molecule has 0 saturated carbocycles. The normalized spacial score (nSPS) is 11.7. The number of pyridine rings is 1. The first kappa shape index (κ1) is 16.1. The number of benzene rings is 1. The molecule has 1 aromatic carbocycles. The molecule has 3 aromatic heterocycles. The summed E-state index contributed by atoms with van der Waals surface area (Å²) in [5.74, 6) is 0. The zero-order chi connectivity index (χ0) is 18.3. The van der Waals surface area contributed by atoms with Crippen LogP contribution in [0, 0.1) is 13.8 Å². The number of aliphatic imine (C=N–C) groups is 1. The SMILES string of the molecule is C/N=C\c1[nH]nnc1-c1cccc(-c2cc(C)c3c(C)nn(C)c3n2)c1. The zero-order valence-corrected chi connectivity index (χ0v) is 15.1. The lowest BCUT2D eigenvalue weighted by Crippen LogP contribution is -1.95. The van der Waals surface area contributed by atoms with E-state index in [-0.39, 0.29) is 0 Å². The van der Waals surface area contributed by atoms with Crippen LogP contribution in [0.25, 0.3) is 33.5 Å². The van der Waals surface area contributed by atoms with Gasteiger partial charge in [0.15, 0.2) is 5.65 Å². The molecule has 0 aliphatic heterocycles. The molecule has 0 saturated heterocycles. The van der Waals surface area contributed by atoms with Crippen LogP contribution in [0.3, 0.4) is 0 Å². The molecular formula is C19H19N7. The Morgan fingerprint density at radius 2 is 1.96 bits per heavy atom. The van der Waals surface area contributed by atoms with Crippen LogP contribution < -0.4 is 0 Å². The monoisotopic (exact) mass is 345 g/mol. The van der Waals surface area contributed by atoms with Gasteiger partial charge in [0.1, 0.15) is 11.4 Å². The van der Waals surface area contributed by atoms with Gasteiger partial charge in [0.25, 0.3) is 0 Å². The number of aryl methyl sites for hydroxylation is 3. The fourth-order valence-electron chi connectivity index (χ4n) is 3.30. The van der Waals surface area contributed by atoms with Crippen LogP contribution in [0.4, 0.5) is 0 Å². The number of fused-ring (bicyclic) bond motifs is 1. The maximum atomic E-state index is 4.84. The molecule has 0 amide bonds. The van der Waals surface area contributed by atoms with Gasteiger partial charge in [-0.1, -0.05) is 23.4 Å². The van der Waals surface area contributed by atoms with E-state index in [0.717, 1.165) is 44.9 Å². The van der Waals surface area contributed by atoms with E-state index >= 15 is 0 Å². The molecule has 0 spiro atoms. The van der Waals surface area contributed by atoms with Crippen LogP contribution >= 0.6 is 0 Å². The predicted molar refractivity (Wildman–Crippen MR) is 102 cm³/mol. The summed E-state index contributed by atoms with van der Waals surface area (Å²) in [5, 5.41) is 16.6. The summed E-state index contributed by atoms with van der Waals surface area (Å²) in [6.45, 7) is 4.11. The van der Waals surface area contributed by atoms with E-state index in [1.54, 1.807) is 13.3 Å². The number of rotatable bonds is 3. The Bertz CT molecular complexity index is 1130. The fraction of sp³-hybridized carbons (Fsp3) is 0.211. The van der Waals surface area contributed by atoms with Crippen molar-refractivity contribution in [1.29, 1.82) is 0 Å². The maximum Gasteiger partial charge on any atom is 0.158 e. The van der Waals surface area contributed by atoms with Crippen molar-refractivity contribution in [1.82, 2.24) is 30.2 Å². The maximum absolute atomic E-state index is 4.84. The van der Waals surface area contributed by atoms with Crippen molar-refractivity contribution in [3.8, 4) is 22.5 Å².